The number of rotatable bonds is 6. The van der Waals surface area contributed by atoms with Crippen molar-refractivity contribution in [1.29, 1.82) is 0 Å². The van der Waals surface area contributed by atoms with E-state index in [4.69, 9.17) is 29.6 Å². The fourth-order valence-corrected chi connectivity index (χ4v) is 3.81. The van der Waals surface area contributed by atoms with E-state index < -0.39 is 10.0 Å². The Morgan fingerprint density at radius 1 is 1.40 bits per heavy atom. The Labute approximate surface area is 130 Å². The molecule has 0 aliphatic heterocycles. The average molecular weight is 335 g/mol. The molecule has 4 nitrogen and oxygen atoms in total. The van der Waals surface area contributed by atoms with E-state index in [0.29, 0.717) is 11.5 Å². The van der Waals surface area contributed by atoms with Gasteiger partial charge in [-0.1, -0.05) is 37.7 Å². The van der Waals surface area contributed by atoms with Crippen molar-refractivity contribution < 1.29 is 8.42 Å². The minimum absolute atomic E-state index is 0.109. The second-order valence-corrected chi connectivity index (χ2v) is 7.72. The maximum atomic E-state index is 12.2. The van der Waals surface area contributed by atoms with Gasteiger partial charge in [-0.3, -0.25) is 0 Å². The number of nitrogens with two attached hydrogens (primary N) is 1. The lowest BCUT2D eigenvalue weighted by molar-refractivity contribution is 0.482. The van der Waals surface area contributed by atoms with Gasteiger partial charge in [-0.15, -0.1) is 0 Å². The summed E-state index contributed by atoms with van der Waals surface area (Å²) < 4.78 is 27.1. The third kappa shape index (κ3) is 4.70. The predicted molar refractivity (Wildman–Crippen MR) is 86.6 cm³/mol. The van der Waals surface area contributed by atoms with Gasteiger partial charge >= 0.3 is 0 Å². The quantitative estimate of drug-likeness (QED) is 0.784. The second kappa shape index (κ2) is 6.85. The SMILES string of the molecule is CC(C)CC(C)NS(=O)(=O)c1ccc(C(N)=S)c(Cl)c1. The maximum Gasteiger partial charge on any atom is 0.240 e. The highest BCUT2D eigenvalue weighted by Crippen LogP contribution is 2.21. The normalized spacial score (nSPS) is 13.4. The molecule has 0 saturated heterocycles. The largest absolute Gasteiger partial charge is 0.389 e. The van der Waals surface area contributed by atoms with E-state index in [9.17, 15) is 8.42 Å². The Bertz CT molecular complexity index is 600. The number of sulfonamides is 1. The summed E-state index contributed by atoms with van der Waals surface area (Å²) in [5.41, 5.74) is 5.96. The Morgan fingerprint density at radius 3 is 2.45 bits per heavy atom. The van der Waals surface area contributed by atoms with E-state index in [-0.39, 0.29) is 20.9 Å². The summed E-state index contributed by atoms with van der Waals surface area (Å²) in [6.07, 6.45) is 0.762. The molecule has 0 amide bonds. The number of thiocarbonyl (C=S) groups is 1. The number of nitrogens with one attached hydrogen (secondary N) is 1. The lowest BCUT2D eigenvalue weighted by atomic mass is 10.1. The molecule has 3 N–H and O–H groups in total. The van der Waals surface area contributed by atoms with Gasteiger partial charge in [0.15, 0.2) is 0 Å². The average Bonchev–Trinajstić information content (AvgIpc) is 2.25. The molecule has 112 valence electrons. The predicted octanol–water partition coefficient (Wildman–Crippen LogP) is 2.69. The molecular weight excluding hydrogens is 316 g/mol. The van der Waals surface area contributed by atoms with E-state index >= 15 is 0 Å². The van der Waals surface area contributed by atoms with Gasteiger partial charge in [0.05, 0.1) is 9.92 Å². The summed E-state index contributed by atoms with van der Waals surface area (Å²) in [6, 6.07) is 4.19. The van der Waals surface area contributed by atoms with Gasteiger partial charge in [-0.05, 0) is 37.5 Å². The van der Waals surface area contributed by atoms with Gasteiger partial charge in [0, 0.05) is 11.6 Å². The highest BCUT2D eigenvalue weighted by molar-refractivity contribution is 7.89. The van der Waals surface area contributed by atoms with Crippen LogP contribution in [0, 0.1) is 5.92 Å². The van der Waals surface area contributed by atoms with Crippen LogP contribution in [0.3, 0.4) is 0 Å². The van der Waals surface area contributed by atoms with Crippen LogP contribution in [0.25, 0.3) is 0 Å². The molecule has 0 radical (unpaired) electrons. The molecule has 0 heterocycles. The first-order valence-electron chi connectivity index (χ1n) is 6.25. The Balaban J connectivity index is 2.99. The third-order valence-corrected chi connectivity index (χ3v) is 4.82. The summed E-state index contributed by atoms with van der Waals surface area (Å²) >= 11 is 10.8. The van der Waals surface area contributed by atoms with Crippen LogP contribution < -0.4 is 10.5 Å². The highest BCUT2D eigenvalue weighted by atomic mass is 35.5. The van der Waals surface area contributed by atoms with Crippen molar-refractivity contribution in [2.45, 2.75) is 38.1 Å². The van der Waals surface area contributed by atoms with Crippen LogP contribution in [-0.4, -0.2) is 19.4 Å². The summed E-state index contributed by atoms with van der Waals surface area (Å²) in [7, 11) is -3.59. The van der Waals surface area contributed by atoms with Crippen molar-refractivity contribution in [3.63, 3.8) is 0 Å². The molecule has 0 aliphatic rings. The summed E-state index contributed by atoms with van der Waals surface area (Å²) in [5, 5.41) is 0.233. The van der Waals surface area contributed by atoms with E-state index in [2.05, 4.69) is 4.72 Å². The zero-order chi connectivity index (χ0) is 15.5. The van der Waals surface area contributed by atoms with Crippen molar-refractivity contribution in [3.05, 3.63) is 28.8 Å². The van der Waals surface area contributed by atoms with Crippen LogP contribution in [0.5, 0.6) is 0 Å². The molecule has 0 aromatic heterocycles. The first-order chi connectivity index (χ1) is 9.13. The minimum atomic E-state index is -3.59. The van der Waals surface area contributed by atoms with Crippen molar-refractivity contribution >= 4 is 38.8 Å². The molecule has 1 aromatic carbocycles. The van der Waals surface area contributed by atoms with Crippen molar-refractivity contribution in [2.24, 2.45) is 11.7 Å². The molecule has 1 rings (SSSR count). The van der Waals surface area contributed by atoms with Gasteiger partial charge in [-0.25, -0.2) is 13.1 Å². The van der Waals surface area contributed by atoms with Crippen molar-refractivity contribution in [3.8, 4) is 0 Å². The monoisotopic (exact) mass is 334 g/mol. The molecule has 0 saturated carbocycles. The van der Waals surface area contributed by atoms with Crippen LogP contribution in [0.15, 0.2) is 23.1 Å². The lowest BCUT2D eigenvalue weighted by Crippen LogP contribution is -2.33. The summed E-state index contributed by atoms with van der Waals surface area (Å²) in [4.78, 5) is 0.248. The maximum absolute atomic E-state index is 12.2. The van der Waals surface area contributed by atoms with Crippen LogP contribution in [0.4, 0.5) is 0 Å². The van der Waals surface area contributed by atoms with Gasteiger partial charge in [0.25, 0.3) is 0 Å². The number of hydrogen-bond donors (Lipinski definition) is 2. The van der Waals surface area contributed by atoms with Crippen molar-refractivity contribution in [1.82, 2.24) is 4.72 Å². The van der Waals surface area contributed by atoms with Crippen LogP contribution >= 0.6 is 23.8 Å². The molecule has 1 unspecified atom stereocenters. The molecule has 0 spiro atoms. The van der Waals surface area contributed by atoms with Gasteiger partial charge in [0.1, 0.15) is 4.99 Å². The molecule has 1 atom stereocenters. The number of benzene rings is 1. The van der Waals surface area contributed by atoms with Crippen LogP contribution in [-0.2, 0) is 10.0 Å². The van der Waals surface area contributed by atoms with Gasteiger partial charge in [0.2, 0.25) is 10.0 Å². The molecule has 0 fully saturated rings. The molecule has 0 bridgehead atoms. The smallest absolute Gasteiger partial charge is 0.240 e. The Kier molecular flexibility index (Phi) is 5.94. The fourth-order valence-electron chi connectivity index (χ4n) is 1.95. The van der Waals surface area contributed by atoms with Gasteiger partial charge in [-0.2, -0.15) is 0 Å². The van der Waals surface area contributed by atoms with E-state index in [1.165, 1.54) is 18.2 Å². The van der Waals surface area contributed by atoms with E-state index in [1.807, 2.05) is 20.8 Å². The Morgan fingerprint density at radius 2 is 2.00 bits per heavy atom. The highest BCUT2D eigenvalue weighted by Gasteiger charge is 2.19. The molecule has 0 aliphatic carbocycles. The molecule has 20 heavy (non-hydrogen) atoms. The fraction of sp³-hybridized carbons (Fsp3) is 0.462. The first kappa shape index (κ1) is 17.4. The van der Waals surface area contributed by atoms with Gasteiger partial charge < -0.3 is 5.73 Å². The first-order valence-corrected chi connectivity index (χ1v) is 8.52. The third-order valence-electron chi connectivity index (χ3n) is 2.70. The van der Waals surface area contributed by atoms with E-state index in [1.54, 1.807) is 0 Å². The molecular formula is C13H19ClN2O2S2. The molecule has 1 aromatic rings. The zero-order valence-corrected chi connectivity index (χ0v) is 14.1. The lowest BCUT2D eigenvalue weighted by Gasteiger charge is -2.16. The zero-order valence-electron chi connectivity index (χ0n) is 11.7. The Hall–Kier alpha value is -0.690. The second-order valence-electron chi connectivity index (χ2n) is 5.16. The van der Waals surface area contributed by atoms with E-state index in [0.717, 1.165) is 6.42 Å². The van der Waals surface area contributed by atoms with Crippen molar-refractivity contribution in [2.75, 3.05) is 0 Å². The van der Waals surface area contributed by atoms with Crippen LogP contribution in [0.2, 0.25) is 5.02 Å². The molecule has 7 heteroatoms. The topological polar surface area (TPSA) is 72.2 Å². The number of hydrogen-bond acceptors (Lipinski definition) is 3. The summed E-state index contributed by atoms with van der Waals surface area (Å²) in [5.74, 6) is 0.410. The standard InChI is InChI=1S/C13H19ClN2O2S2/c1-8(2)6-9(3)16-20(17,18)10-4-5-11(13(15)19)12(14)7-10/h4-5,7-9,16H,6H2,1-3H3,(H2,15,19). The summed E-state index contributed by atoms with van der Waals surface area (Å²) in [6.45, 7) is 5.92. The van der Waals surface area contributed by atoms with Crippen LogP contribution in [0.1, 0.15) is 32.8 Å². The number of halogens is 1. The minimum Gasteiger partial charge on any atom is -0.389 e.